The van der Waals surface area contributed by atoms with Crippen molar-refractivity contribution >= 4 is 25.7 Å². The highest BCUT2D eigenvalue weighted by molar-refractivity contribution is 7.47. The van der Waals surface area contributed by atoms with Crippen molar-refractivity contribution < 1.29 is 52.2 Å². The first kappa shape index (κ1) is 67.9. The summed E-state index contributed by atoms with van der Waals surface area (Å²) < 4.78 is 39.2. The van der Waals surface area contributed by atoms with Gasteiger partial charge >= 0.3 is 25.7 Å². The van der Waals surface area contributed by atoms with Crippen LogP contribution in [0.3, 0.4) is 0 Å². The summed E-state index contributed by atoms with van der Waals surface area (Å²) in [5.41, 5.74) is 0. The molecule has 12 heteroatoms. The minimum absolute atomic E-state index is 0.0233. The molecule has 0 fully saturated rings. The Labute approximate surface area is 437 Å². The molecule has 11 nitrogen and oxygen atoms in total. The minimum Gasteiger partial charge on any atom is -0.461 e. The maximum atomic E-state index is 12.9. The number of carbonyl (C=O) groups excluding carboxylic acids is 3. The van der Waals surface area contributed by atoms with Crippen molar-refractivity contribution in [3.63, 3.8) is 0 Å². The van der Waals surface area contributed by atoms with E-state index < -0.39 is 64.4 Å². The van der Waals surface area contributed by atoms with Crippen LogP contribution in [0.1, 0.15) is 201 Å². The average molecular weight is 1030 g/mol. The molecular formula is C60H97O11P. The van der Waals surface area contributed by atoms with Crippen molar-refractivity contribution in [2.24, 2.45) is 0 Å². The number of carbonyl (C=O) groups is 3. The molecule has 0 aromatic carbocycles. The van der Waals surface area contributed by atoms with Gasteiger partial charge in [0.15, 0.2) is 6.10 Å². The van der Waals surface area contributed by atoms with Gasteiger partial charge in [0.25, 0.3) is 0 Å². The Bertz CT molecular complexity index is 1670. The predicted molar refractivity (Wildman–Crippen MR) is 297 cm³/mol. The number of esters is 3. The minimum atomic E-state index is -4.78. The van der Waals surface area contributed by atoms with E-state index in [0.29, 0.717) is 25.7 Å². The van der Waals surface area contributed by atoms with Gasteiger partial charge in [-0.25, -0.2) is 4.57 Å². The van der Waals surface area contributed by atoms with Gasteiger partial charge in [0.05, 0.1) is 26.2 Å². The summed E-state index contributed by atoms with van der Waals surface area (Å²) in [6.07, 6.45) is 64.9. The summed E-state index contributed by atoms with van der Waals surface area (Å²) in [4.78, 5) is 48.4. The highest BCUT2D eigenvalue weighted by Gasteiger charge is 2.28. The van der Waals surface area contributed by atoms with E-state index in [0.717, 1.165) is 77.0 Å². The van der Waals surface area contributed by atoms with Crippen molar-refractivity contribution in [1.82, 2.24) is 0 Å². The number of phosphoric ester groups is 1. The third-order valence-corrected chi connectivity index (χ3v) is 11.9. The maximum Gasteiger partial charge on any atom is 0.472 e. The van der Waals surface area contributed by atoms with Crippen LogP contribution in [0.5, 0.6) is 0 Å². The van der Waals surface area contributed by atoms with Crippen molar-refractivity contribution in [3.8, 4) is 0 Å². The second-order valence-electron chi connectivity index (χ2n) is 17.7. The van der Waals surface area contributed by atoms with E-state index in [9.17, 15) is 28.9 Å². The van der Waals surface area contributed by atoms with Gasteiger partial charge in [-0.1, -0.05) is 219 Å². The predicted octanol–water partition coefficient (Wildman–Crippen LogP) is 16.0. The highest BCUT2D eigenvalue weighted by atomic mass is 31.2. The Morgan fingerprint density at radius 1 is 0.417 bits per heavy atom. The summed E-state index contributed by atoms with van der Waals surface area (Å²) >= 11 is 0. The number of rotatable bonds is 49. The SMILES string of the molecule is CC/C=C\C/C=C\C/C=C\C/C=C\C/C=C\CCCC(=O)OC(COC(=O)C/C=C\C/C=C\C/C=C\C/C=C\C/C=C\CC)COP(=O)(O)OCC(CO)OC(=O)CCCCCCCCCCCCCCC. The van der Waals surface area contributed by atoms with E-state index in [4.69, 9.17) is 23.3 Å². The zero-order valence-corrected chi connectivity index (χ0v) is 45.7. The van der Waals surface area contributed by atoms with Crippen LogP contribution in [0.25, 0.3) is 0 Å². The van der Waals surface area contributed by atoms with Crippen LogP contribution in [0, 0.1) is 0 Å². The molecule has 0 saturated carbocycles. The molecule has 0 aromatic rings. The van der Waals surface area contributed by atoms with Gasteiger partial charge in [-0.15, -0.1) is 0 Å². The van der Waals surface area contributed by atoms with E-state index >= 15 is 0 Å². The molecule has 72 heavy (non-hydrogen) atoms. The van der Waals surface area contributed by atoms with Crippen molar-refractivity contribution in [2.45, 2.75) is 213 Å². The summed E-state index contributed by atoms with van der Waals surface area (Å²) in [6, 6.07) is 0. The number of hydrogen-bond donors (Lipinski definition) is 2. The fourth-order valence-corrected chi connectivity index (χ4v) is 7.60. The Hall–Kier alpha value is -4.12. The topological polar surface area (TPSA) is 155 Å². The molecule has 0 heterocycles. The van der Waals surface area contributed by atoms with E-state index in [-0.39, 0.29) is 19.3 Å². The van der Waals surface area contributed by atoms with Crippen LogP contribution in [0.2, 0.25) is 0 Å². The largest absolute Gasteiger partial charge is 0.472 e. The number of ether oxygens (including phenoxy) is 3. The molecule has 0 amide bonds. The summed E-state index contributed by atoms with van der Waals surface area (Å²) in [5, 5.41) is 9.79. The van der Waals surface area contributed by atoms with E-state index in [1.807, 2.05) is 24.3 Å². The number of unbranched alkanes of at least 4 members (excludes halogenated alkanes) is 13. The Morgan fingerprint density at radius 3 is 1.18 bits per heavy atom. The van der Waals surface area contributed by atoms with Crippen molar-refractivity contribution in [3.05, 3.63) is 122 Å². The molecule has 408 valence electrons. The molecule has 3 unspecified atom stereocenters. The molecule has 0 rings (SSSR count). The number of phosphoric acid groups is 1. The highest BCUT2D eigenvalue weighted by Crippen LogP contribution is 2.43. The molecular weight excluding hydrogens is 928 g/mol. The zero-order valence-electron chi connectivity index (χ0n) is 44.8. The Morgan fingerprint density at radius 2 is 0.764 bits per heavy atom. The van der Waals surface area contributed by atoms with Crippen LogP contribution in [-0.4, -0.2) is 66.5 Å². The molecule has 0 aliphatic rings. The van der Waals surface area contributed by atoms with E-state index in [2.05, 4.69) is 112 Å². The van der Waals surface area contributed by atoms with Gasteiger partial charge in [0.1, 0.15) is 12.7 Å². The van der Waals surface area contributed by atoms with Gasteiger partial charge in [0, 0.05) is 12.8 Å². The third kappa shape index (κ3) is 50.8. The van der Waals surface area contributed by atoms with Crippen molar-refractivity contribution in [1.29, 1.82) is 0 Å². The average Bonchev–Trinajstić information content (AvgIpc) is 3.37. The zero-order chi connectivity index (χ0) is 52.7. The molecule has 0 spiro atoms. The standard InChI is InChI=1S/C60H97O11P/c1-4-7-10-13-16-19-22-25-27-28-30-33-36-39-42-45-48-51-60(64)71-57(53-67-58(62)49-46-43-40-37-34-32-29-26-23-20-17-14-11-8-5-2)55-69-72(65,66)68-54-56(52-61)70-59(63)50-47-44-41-38-35-31-24-21-18-15-12-9-6-3/h7-8,10-11,16-17,19-20,25-27,29-30,33-34,37,39,42-43,46,56-57,61H,4-6,9,12-15,18,21-24,28,31-32,35-36,38,40-41,44-45,47-55H2,1-3H3,(H,65,66)/b10-7-,11-8-,19-16-,20-17-,27-25-,29-26-,33-30-,37-34-,42-39-,46-43-. The smallest absolute Gasteiger partial charge is 0.461 e. The molecule has 3 atom stereocenters. The van der Waals surface area contributed by atoms with Crippen LogP contribution >= 0.6 is 7.82 Å². The second kappa shape index (κ2) is 53.2. The molecule has 2 N–H and O–H groups in total. The molecule has 0 bridgehead atoms. The molecule has 0 aliphatic carbocycles. The van der Waals surface area contributed by atoms with Crippen LogP contribution in [-0.2, 0) is 42.2 Å². The first-order valence-electron chi connectivity index (χ1n) is 27.4. The normalized spacial score (nSPS) is 14.3. The van der Waals surface area contributed by atoms with E-state index in [1.54, 1.807) is 6.08 Å². The van der Waals surface area contributed by atoms with Crippen molar-refractivity contribution in [2.75, 3.05) is 26.4 Å². The number of hydrogen-bond acceptors (Lipinski definition) is 10. The van der Waals surface area contributed by atoms with Gasteiger partial charge < -0.3 is 24.2 Å². The first-order chi connectivity index (χ1) is 35.2. The Kier molecular flexibility index (Phi) is 50.1. The lowest BCUT2D eigenvalue weighted by Gasteiger charge is -2.21. The molecule has 0 aromatic heterocycles. The molecule has 0 saturated heterocycles. The lowest BCUT2D eigenvalue weighted by atomic mass is 10.0. The third-order valence-electron chi connectivity index (χ3n) is 10.9. The molecule has 0 aliphatic heterocycles. The lowest BCUT2D eigenvalue weighted by Crippen LogP contribution is -2.30. The fraction of sp³-hybridized carbons (Fsp3) is 0.617. The number of aliphatic hydroxyl groups is 1. The first-order valence-corrected chi connectivity index (χ1v) is 28.9. The molecule has 0 radical (unpaired) electrons. The quantitative estimate of drug-likeness (QED) is 0.0197. The maximum absolute atomic E-state index is 12.9. The van der Waals surface area contributed by atoms with Gasteiger partial charge in [0.2, 0.25) is 0 Å². The number of allylic oxidation sites excluding steroid dienone is 19. The fourth-order valence-electron chi connectivity index (χ4n) is 6.82. The monoisotopic (exact) mass is 1020 g/mol. The lowest BCUT2D eigenvalue weighted by molar-refractivity contribution is -0.161. The van der Waals surface area contributed by atoms with Crippen LogP contribution in [0.4, 0.5) is 0 Å². The van der Waals surface area contributed by atoms with E-state index in [1.165, 1.54) is 57.8 Å². The summed E-state index contributed by atoms with van der Waals surface area (Å²) in [5.74, 6) is -1.70. The van der Waals surface area contributed by atoms with Gasteiger partial charge in [-0.3, -0.25) is 23.4 Å². The summed E-state index contributed by atoms with van der Waals surface area (Å²) in [6.45, 7) is 4.22. The van der Waals surface area contributed by atoms with Gasteiger partial charge in [-0.2, -0.15) is 0 Å². The number of aliphatic hydroxyl groups excluding tert-OH is 1. The summed E-state index contributed by atoms with van der Waals surface area (Å²) in [7, 11) is -4.78. The van der Waals surface area contributed by atoms with Crippen LogP contribution in [0.15, 0.2) is 122 Å². The Balaban J connectivity index is 4.94. The second-order valence-corrected chi connectivity index (χ2v) is 19.1. The van der Waals surface area contributed by atoms with Crippen LogP contribution < -0.4 is 0 Å². The van der Waals surface area contributed by atoms with Gasteiger partial charge in [-0.05, 0) is 83.5 Å².